The van der Waals surface area contributed by atoms with Crippen LogP contribution >= 0.6 is 0 Å². The minimum absolute atomic E-state index is 0.0627. The molecule has 0 radical (unpaired) electrons. The first-order chi connectivity index (χ1) is 18.0. The fourth-order valence-corrected chi connectivity index (χ4v) is 5.04. The minimum atomic E-state index is -0.347. The Bertz CT molecular complexity index is 1110. The van der Waals surface area contributed by atoms with Gasteiger partial charge in [-0.05, 0) is 74.1 Å². The molecule has 0 spiro atoms. The first-order valence-electron chi connectivity index (χ1n) is 13.5. The summed E-state index contributed by atoms with van der Waals surface area (Å²) in [5, 5.41) is 3.06. The van der Waals surface area contributed by atoms with Gasteiger partial charge in [0.2, 0.25) is 5.78 Å². The Balaban J connectivity index is 1.23. The van der Waals surface area contributed by atoms with E-state index in [4.69, 9.17) is 9.47 Å². The van der Waals surface area contributed by atoms with Crippen molar-refractivity contribution in [2.24, 2.45) is 0 Å². The van der Waals surface area contributed by atoms with Crippen molar-refractivity contribution in [1.82, 2.24) is 10.2 Å². The maximum Gasteiger partial charge on any atom is 0.251 e. The standard InChI is InChI=1S/C30H37FN2O4/c1-3-7-21(8-4-2)29-28(34)27-25(9-5-10-26(27)37-29)36-20-6-17-33-18-15-24(16-19-33)32-30(35)22-11-13-23(31)14-12-22/h5,9-14,24H,3-4,6-8,15-20H2,1-2H3,(H,32,35). The Morgan fingerprint density at radius 3 is 2.46 bits per heavy atom. The van der Waals surface area contributed by atoms with Crippen molar-refractivity contribution in [1.29, 1.82) is 0 Å². The summed E-state index contributed by atoms with van der Waals surface area (Å²) in [6.07, 6.45) is 6.28. The van der Waals surface area contributed by atoms with Gasteiger partial charge >= 0.3 is 0 Å². The zero-order chi connectivity index (χ0) is 26.2. The molecule has 7 heteroatoms. The highest BCUT2D eigenvalue weighted by Crippen LogP contribution is 2.39. The quantitative estimate of drug-likeness (QED) is 0.302. The van der Waals surface area contributed by atoms with E-state index in [-0.39, 0.29) is 23.5 Å². The van der Waals surface area contributed by atoms with E-state index in [1.54, 1.807) is 0 Å². The van der Waals surface area contributed by atoms with E-state index in [1.165, 1.54) is 24.3 Å². The van der Waals surface area contributed by atoms with E-state index in [2.05, 4.69) is 24.1 Å². The van der Waals surface area contributed by atoms with Crippen molar-refractivity contribution in [3.05, 3.63) is 70.7 Å². The monoisotopic (exact) mass is 508 g/mol. The molecule has 2 aliphatic heterocycles. The molecule has 0 aliphatic carbocycles. The number of halogens is 1. The molecule has 1 N–H and O–H groups in total. The Hall–Kier alpha value is -3.19. The van der Waals surface area contributed by atoms with E-state index in [1.807, 2.05) is 18.2 Å². The number of benzene rings is 2. The smallest absolute Gasteiger partial charge is 0.251 e. The van der Waals surface area contributed by atoms with E-state index in [0.29, 0.717) is 35.0 Å². The number of amides is 1. The minimum Gasteiger partial charge on any atom is -0.493 e. The average Bonchev–Trinajstić information content (AvgIpc) is 3.24. The topological polar surface area (TPSA) is 67.9 Å². The van der Waals surface area contributed by atoms with Gasteiger partial charge in [0.05, 0.1) is 6.61 Å². The van der Waals surface area contributed by atoms with Crippen LogP contribution in [0.15, 0.2) is 53.8 Å². The summed E-state index contributed by atoms with van der Waals surface area (Å²) in [7, 11) is 0. The van der Waals surface area contributed by atoms with Gasteiger partial charge in [0.25, 0.3) is 5.91 Å². The molecule has 1 amide bonds. The second kappa shape index (κ2) is 12.9. The normalized spacial score (nSPS) is 15.9. The van der Waals surface area contributed by atoms with Crippen molar-refractivity contribution in [3.8, 4) is 11.5 Å². The molecule has 198 valence electrons. The predicted molar refractivity (Wildman–Crippen MR) is 142 cm³/mol. The number of carbonyl (C=O) groups excluding carboxylic acids is 2. The highest BCUT2D eigenvalue weighted by atomic mass is 19.1. The number of fused-ring (bicyclic) bond motifs is 1. The Kier molecular flexibility index (Phi) is 9.34. The number of Topliss-reactive ketones (excluding diaryl/α,β-unsaturated/α-hetero) is 1. The van der Waals surface area contributed by atoms with Crippen LogP contribution in [0.5, 0.6) is 11.5 Å². The molecule has 2 aliphatic rings. The highest BCUT2D eigenvalue weighted by Gasteiger charge is 2.33. The molecule has 2 aromatic rings. The SMILES string of the molecule is CCCC(CCC)=C1Oc2cccc(OCCCN3CCC(NC(=O)c4ccc(F)cc4)CC3)c2C1=O. The highest BCUT2D eigenvalue weighted by molar-refractivity contribution is 6.14. The molecular formula is C30H37FN2O4. The third-order valence-corrected chi connectivity index (χ3v) is 6.96. The Morgan fingerprint density at radius 2 is 1.78 bits per heavy atom. The van der Waals surface area contributed by atoms with E-state index in [9.17, 15) is 14.0 Å². The van der Waals surface area contributed by atoms with Crippen molar-refractivity contribution >= 4 is 11.7 Å². The third-order valence-electron chi connectivity index (χ3n) is 6.96. The second-order valence-corrected chi connectivity index (χ2v) is 9.79. The van der Waals surface area contributed by atoms with Gasteiger partial charge in [-0.25, -0.2) is 4.39 Å². The molecule has 6 nitrogen and oxygen atoms in total. The molecule has 0 atom stereocenters. The van der Waals surface area contributed by atoms with Gasteiger partial charge in [-0.3, -0.25) is 9.59 Å². The molecule has 0 bridgehead atoms. The number of ether oxygens (including phenoxy) is 2. The first kappa shape index (κ1) is 26.9. The van der Waals surface area contributed by atoms with Gasteiger partial charge in [-0.15, -0.1) is 0 Å². The number of hydrogen-bond donors (Lipinski definition) is 1. The maximum absolute atomic E-state index is 13.2. The van der Waals surface area contributed by atoms with Crippen molar-refractivity contribution in [2.75, 3.05) is 26.2 Å². The number of carbonyl (C=O) groups is 2. The molecule has 0 aromatic heterocycles. The maximum atomic E-state index is 13.2. The molecule has 0 saturated carbocycles. The summed E-state index contributed by atoms with van der Waals surface area (Å²) >= 11 is 0. The largest absolute Gasteiger partial charge is 0.493 e. The van der Waals surface area contributed by atoms with Crippen molar-refractivity contribution in [3.63, 3.8) is 0 Å². The number of likely N-dealkylation sites (tertiary alicyclic amines) is 1. The molecule has 2 heterocycles. The molecule has 37 heavy (non-hydrogen) atoms. The first-order valence-corrected chi connectivity index (χ1v) is 13.5. The zero-order valence-corrected chi connectivity index (χ0v) is 21.9. The van der Waals surface area contributed by atoms with Gasteiger partial charge in [-0.1, -0.05) is 32.8 Å². The average molecular weight is 509 g/mol. The van der Waals surface area contributed by atoms with Crippen LogP contribution in [0, 0.1) is 5.82 Å². The van der Waals surface area contributed by atoms with Gasteiger partial charge < -0.3 is 19.7 Å². The summed E-state index contributed by atoms with van der Waals surface area (Å²) in [6, 6.07) is 11.3. The van der Waals surface area contributed by atoms with E-state index in [0.717, 1.165) is 70.2 Å². The fraction of sp³-hybridized carbons (Fsp3) is 0.467. The van der Waals surface area contributed by atoms with Crippen LogP contribution in [0.1, 0.15) is 79.5 Å². The van der Waals surface area contributed by atoms with Gasteiger partial charge in [0.15, 0.2) is 5.76 Å². The summed E-state index contributed by atoms with van der Waals surface area (Å²) in [6.45, 7) is 7.43. The molecule has 2 aromatic carbocycles. The van der Waals surface area contributed by atoms with E-state index < -0.39 is 0 Å². The fourth-order valence-electron chi connectivity index (χ4n) is 5.04. The molecule has 0 unspecified atom stereocenters. The number of hydrogen-bond acceptors (Lipinski definition) is 5. The molecule has 1 saturated heterocycles. The molecular weight excluding hydrogens is 471 g/mol. The van der Waals surface area contributed by atoms with Crippen LogP contribution in [-0.2, 0) is 0 Å². The number of piperidine rings is 1. The summed E-state index contributed by atoms with van der Waals surface area (Å²) in [4.78, 5) is 27.9. The Morgan fingerprint density at radius 1 is 1.08 bits per heavy atom. The predicted octanol–water partition coefficient (Wildman–Crippen LogP) is 5.92. The number of nitrogens with one attached hydrogen (secondary N) is 1. The summed E-state index contributed by atoms with van der Waals surface area (Å²) < 4.78 is 25.1. The Labute approximate surface area is 218 Å². The van der Waals surface area contributed by atoms with Crippen LogP contribution < -0.4 is 14.8 Å². The zero-order valence-electron chi connectivity index (χ0n) is 21.9. The van der Waals surface area contributed by atoms with Crippen molar-refractivity contribution < 1.29 is 23.5 Å². The van der Waals surface area contributed by atoms with Crippen LogP contribution in [0.4, 0.5) is 4.39 Å². The number of allylic oxidation sites excluding steroid dienone is 2. The van der Waals surface area contributed by atoms with Crippen LogP contribution in [0.25, 0.3) is 0 Å². The van der Waals surface area contributed by atoms with Crippen LogP contribution in [-0.4, -0.2) is 48.9 Å². The lowest BCUT2D eigenvalue weighted by atomic mass is 10.0. The summed E-state index contributed by atoms with van der Waals surface area (Å²) in [5.74, 6) is 1.10. The second-order valence-electron chi connectivity index (χ2n) is 9.79. The van der Waals surface area contributed by atoms with Crippen LogP contribution in [0.2, 0.25) is 0 Å². The van der Waals surface area contributed by atoms with Crippen molar-refractivity contribution in [2.45, 2.75) is 64.8 Å². The molecule has 1 fully saturated rings. The van der Waals surface area contributed by atoms with Gasteiger partial charge in [0.1, 0.15) is 22.9 Å². The number of rotatable bonds is 11. The lowest BCUT2D eigenvalue weighted by Gasteiger charge is -2.32. The number of ketones is 1. The lowest BCUT2D eigenvalue weighted by Crippen LogP contribution is -2.45. The van der Waals surface area contributed by atoms with Gasteiger partial charge in [0, 0.05) is 31.2 Å². The van der Waals surface area contributed by atoms with Gasteiger partial charge in [-0.2, -0.15) is 0 Å². The lowest BCUT2D eigenvalue weighted by molar-refractivity contribution is 0.0909. The molecule has 4 rings (SSSR count). The van der Waals surface area contributed by atoms with E-state index >= 15 is 0 Å². The summed E-state index contributed by atoms with van der Waals surface area (Å²) in [5.41, 5.74) is 2.11. The third kappa shape index (κ3) is 6.77. The van der Waals surface area contributed by atoms with Crippen LogP contribution in [0.3, 0.4) is 0 Å². The number of nitrogens with zero attached hydrogens (tertiary/aromatic N) is 1.